The number of H-pyrrole nitrogens is 1. The van der Waals surface area contributed by atoms with Gasteiger partial charge >= 0.3 is 11.9 Å². The van der Waals surface area contributed by atoms with Crippen molar-refractivity contribution in [3.05, 3.63) is 18.2 Å². The average molecular weight is 408 g/mol. The predicted molar refractivity (Wildman–Crippen MR) is 112 cm³/mol. The first-order chi connectivity index (χ1) is 14.0. The molecule has 7 heteroatoms. The van der Waals surface area contributed by atoms with Gasteiger partial charge < -0.3 is 15.0 Å². The Labute approximate surface area is 174 Å². The molecule has 0 aromatic carbocycles. The number of hydrogen-bond donors (Lipinski definition) is 2. The second-order valence-corrected chi connectivity index (χ2v) is 7.61. The van der Waals surface area contributed by atoms with Crippen molar-refractivity contribution in [3.63, 3.8) is 0 Å². The van der Waals surface area contributed by atoms with E-state index in [1.165, 1.54) is 64.6 Å². The monoisotopic (exact) mass is 407 g/mol. The lowest BCUT2D eigenvalue weighted by molar-refractivity contribution is -0.162. The van der Waals surface area contributed by atoms with Crippen molar-refractivity contribution in [1.82, 2.24) is 15.3 Å². The summed E-state index contributed by atoms with van der Waals surface area (Å²) in [6.45, 7) is 3.55. The molecule has 29 heavy (non-hydrogen) atoms. The van der Waals surface area contributed by atoms with E-state index in [2.05, 4.69) is 22.2 Å². The zero-order valence-corrected chi connectivity index (χ0v) is 18.0. The lowest BCUT2D eigenvalue weighted by atomic mass is 10.1. The summed E-state index contributed by atoms with van der Waals surface area (Å²) >= 11 is 0. The molecule has 0 fully saturated rings. The molecule has 0 radical (unpaired) electrons. The van der Waals surface area contributed by atoms with E-state index in [0.717, 1.165) is 12.8 Å². The SMILES string of the molecule is CCCCCCCCCCCCCC(=O)OC(=O)[C@H](Cc1cnc[nH]1)NC(C)=O. The third-order valence-electron chi connectivity index (χ3n) is 4.84. The highest BCUT2D eigenvalue weighted by Crippen LogP contribution is 2.12. The maximum absolute atomic E-state index is 12.2. The Hall–Kier alpha value is -2.18. The quantitative estimate of drug-likeness (QED) is 0.243. The van der Waals surface area contributed by atoms with E-state index >= 15 is 0 Å². The van der Waals surface area contributed by atoms with Crippen LogP contribution in [0.15, 0.2) is 12.5 Å². The fourth-order valence-corrected chi connectivity index (χ4v) is 3.22. The third-order valence-corrected chi connectivity index (χ3v) is 4.84. The number of hydrogen-bond acceptors (Lipinski definition) is 5. The Morgan fingerprint density at radius 1 is 1.00 bits per heavy atom. The third kappa shape index (κ3) is 12.8. The van der Waals surface area contributed by atoms with Crippen LogP contribution in [0.25, 0.3) is 0 Å². The summed E-state index contributed by atoms with van der Waals surface area (Å²) in [7, 11) is 0. The highest BCUT2D eigenvalue weighted by molar-refractivity contribution is 5.91. The molecule has 2 N–H and O–H groups in total. The standard InChI is InChI=1S/C22H37N3O4/c1-3-4-5-6-7-8-9-10-11-12-13-14-21(27)29-22(28)20(25-18(2)26)15-19-16-23-17-24-19/h16-17,20H,3-15H2,1-2H3,(H,23,24)(H,25,26)/t20-/m0/s1. The molecule has 7 nitrogen and oxygen atoms in total. The Morgan fingerprint density at radius 2 is 1.59 bits per heavy atom. The van der Waals surface area contributed by atoms with Crippen molar-refractivity contribution in [3.8, 4) is 0 Å². The van der Waals surface area contributed by atoms with Gasteiger partial charge in [-0.3, -0.25) is 9.59 Å². The van der Waals surface area contributed by atoms with E-state index in [0.29, 0.717) is 12.1 Å². The fourth-order valence-electron chi connectivity index (χ4n) is 3.22. The van der Waals surface area contributed by atoms with Crippen LogP contribution in [0.4, 0.5) is 0 Å². The maximum atomic E-state index is 12.2. The molecule has 0 aliphatic heterocycles. The first kappa shape index (κ1) is 24.9. The first-order valence-electron chi connectivity index (χ1n) is 11.0. The van der Waals surface area contributed by atoms with Crippen molar-refractivity contribution in [2.75, 3.05) is 0 Å². The molecule has 1 amide bonds. The number of unbranched alkanes of at least 4 members (excludes halogenated alkanes) is 10. The van der Waals surface area contributed by atoms with E-state index in [-0.39, 0.29) is 18.7 Å². The van der Waals surface area contributed by atoms with E-state index in [1.54, 1.807) is 6.20 Å². The van der Waals surface area contributed by atoms with Gasteiger partial charge in [-0.2, -0.15) is 0 Å². The summed E-state index contributed by atoms with van der Waals surface area (Å²) in [5.74, 6) is -1.63. The number of aromatic amines is 1. The number of carbonyl (C=O) groups excluding carboxylic acids is 3. The second-order valence-electron chi connectivity index (χ2n) is 7.61. The smallest absolute Gasteiger partial charge is 0.336 e. The molecule has 0 aliphatic rings. The molecular formula is C22H37N3O4. The van der Waals surface area contributed by atoms with E-state index in [9.17, 15) is 14.4 Å². The van der Waals surface area contributed by atoms with Crippen LogP contribution in [0.2, 0.25) is 0 Å². The van der Waals surface area contributed by atoms with E-state index < -0.39 is 18.0 Å². The molecule has 1 aromatic rings. The van der Waals surface area contributed by atoms with Crippen LogP contribution in [0.1, 0.15) is 96.6 Å². The number of ether oxygens (including phenoxy) is 1. The van der Waals surface area contributed by atoms with Crippen molar-refractivity contribution in [1.29, 1.82) is 0 Å². The molecule has 0 spiro atoms. The van der Waals surface area contributed by atoms with Gasteiger partial charge in [-0.25, -0.2) is 9.78 Å². The van der Waals surface area contributed by atoms with Crippen LogP contribution < -0.4 is 5.32 Å². The summed E-state index contributed by atoms with van der Waals surface area (Å²) in [6, 6.07) is -0.908. The van der Waals surface area contributed by atoms with Crippen LogP contribution in [0, 0.1) is 0 Å². The van der Waals surface area contributed by atoms with Crippen molar-refractivity contribution < 1.29 is 19.1 Å². The van der Waals surface area contributed by atoms with Crippen LogP contribution in [0.3, 0.4) is 0 Å². The van der Waals surface area contributed by atoms with Crippen molar-refractivity contribution in [2.24, 2.45) is 0 Å². The lowest BCUT2D eigenvalue weighted by Crippen LogP contribution is -2.43. The predicted octanol–water partition coefficient (Wildman–Crippen LogP) is 4.23. The average Bonchev–Trinajstić information content (AvgIpc) is 3.18. The van der Waals surface area contributed by atoms with E-state index in [1.807, 2.05) is 0 Å². The number of carbonyl (C=O) groups is 3. The molecule has 0 aliphatic carbocycles. The Balaban J connectivity index is 2.14. The molecular weight excluding hydrogens is 370 g/mol. The molecule has 0 saturated heterocycles. The van der Waals surface area contributed by atoms with Crippen LogP contribution in [-0.4, -0.2) is 33.9 Å². The molecule has 164 valence electrons. The minimum Gasteiger partial charge on any atom is -0.392 e. The van der Waals surface area contributed by atoms with Gasteiger partial charge in [0.25, 0.3) is 0 Å². The zero-order chi connectivity index (χ0) is 21.3. The molecule has 1 rings (SSSR count). The number of nitrogens with one attached hydrogen (secondary N) is 2. The minimum atomic E-state index is -0.908. The number of imidazole rings is 1. The number of amides is 1. The fraction of sp³-hybridized carbons (Fsp3) is 0.727. The van der Waals surface area contributed by atoms with Gasteiger partial charge in [0, 0.05) is 31.7 Å². The molecule has 0 saturated carbocycles. The number of esters is 2. The summed E-state index contributed by atoms with van der Waals surface area (Å²) < 4.78 is 4.93. The van der Waals surface area contributed by atoms with Gasteiger partial charge in [0.2, 0.25) is 5.91 Å². The normalized spacial score (nSPS) is 11.8. The van der Waals surface area contributed by atoms with Gasteiger partial charge in [-0.1, -0.05) is 71.1 Å². The van der Waals surface area contributed by atoms with Crippen molar-refractivity contribution in [2.45, 2.75) is 103 Å². The largest absolute Gasteiger partial charge is 0.392 e. The highest BCUT2D eigenvalue weighted by Gasteiger charge is 2.24. The molecule has 0 bridgehead atoms. The van der Waals surface area contributed by atoms with Crippen LogP contribution >= 0.6 is 0 Å². The van der Waals surface area contributed by atoms with Gasteiger partial charge in [-0.05, 0) is 6.42 Å². The Morgan fingerprint density at radius 3 is 2.10 bits per heavy atom. The summed E-state index contributed by atoms with van der Waals surface area (Å²) in [5.41, 5.74) is 0.679. The van der Waals surface area contributed by atoms with Gasteiger partial charge in [0.15, 0.2) is 0 Å². The highest BCUT2D eigenvalue weighted by atomic mass is 16.6. The summed E-state index contributed by atoms with van der Waals surface area (Å²) in [4.78, 5) is 42.2. The maximum Gasteiger partial charge on any atom is 0.336 e. The molecule has 1 atom stereocenters. The Bertz CT molecular complexity index is 587. The minimum absolute atomic E-state index is 0.199. The summed E-state index contributed by atoms with van der Waals surface area (Å²) in [6.07, 6.45) is 16.6. The van der Waals surface area contributed by atoms with E-state index in [4.69, 9.17) is 4.74 Å². The first-order valence-corrected chi connectivity index (χ1v) is 11.0. The molecule has 1 aromatic heterocycles. The van der Waals surface area contributed by atoms with Crippen LogP contribution in [-0.2, 0) is 25.5 Å². The van der Waals surface area contributed by atoms with Crippen LogP contribution in [0.5, 0.6) is 0 Å². The number of aromatic nitrogens is 2. The van der Waals surface area contributed by atoms with Crippen molar-refractivity contribution >= 4 is 17.8 Å². The number of rotatable bonds is 16. The second kappa shape index (κ2) is 15.7. The molecule has 0 unspecified atom stereocenters. The zero-order valence-electron chi connectivity index (χ0n) is 18.0. The lowest BCUT2D eigenvalue weighted by Gasteiger charge is -2.15. The van der Waals surface area contributed by atoms with Gasteiger partial charge in [0.1, 0.15) is 6.04 Å². The van der Waals surface area contributed by atoms with Gasteiger partial charge in [-0.15, -0.1) is 0 Å². The Kier molecular flexibility index (Phi) is 13.5. The summed E-state index contributed by atoms with van der Waals surface area (Å²) in [5, 5.41) is 2.52. The topological polar surface area (TPSA) is 101 Å². The molecule has 1 heterocycles. The van der Waals surface area contributed by atoms with Gasteiger partial charge in [0.05, 0.1) is 6.33 Å². The number of nitrogens with zero attached hydrogens (tertiary/aromatic N) is 1.